The summed E-state index contributed by atoms with van der Waals surface area (Å²) in [5.74, 6) is 0.879. The molecule has 0 saturated heterocycles. The molecule has 0 radical (unpaired) electrons. The quantitative estimate of drug-likeness (QED) is 0.648. The largest absolute Gasteiger partial charge is 0.298 e. The Balaban J connectivity index is 2.15. The lowest BCUT2D eigenvalue weighted by molar-refractivity contribution is 1.07. The second kappa shape index (κ2) is 5.19. The van der Waals surface area contributed by atoms with Crippen LogP contribution in [0, 0.1) is 0 Å². The highest BCUT2D eigenvalue weighted by atomic mass is 79.9. The van der Waals surface area contributed by atoms with Crippen LogP contribution in [0.25, 0.3) is 17.1 Å². The summed E-state index contributed by atoms with van der Waals surface area (Å²) in [5.41, 5.74) is 1.98. The van der Waals surface area contributed by atoms with Crippen molar-refractivity contribution >= 4 is 27.5 Å². The van der Waals surface area contributed by atoms with Crippen molar-refractivity contribution in [3.8, 4) is 17.1 Å². The van der Waals surface area contributed by atoms with Crippen LogP contribution >= 0.6 is 27.5 Å². The first kappa shape index (κ1) is 12.5. The maximum atomic E-state index is 6.30. The number of hydrogen-bond acceptors (Lipinski definition) is 1. The molecule has 3 rings (SSSR count). The summed E-state index contributed by atoms with van der Waals surface area (Å²) >= 11 is 9.72. The van der Waals surface area contributed by atoms with Crippen LogP contribution in [-0.4, -0.2) is 9.55 Å². The van der Waals surface area contributed by atoms with Crippen molar-refractivity contribution in [3.63, 3.8) is 0 Å². The third-order valence-electron chi connectivity index (χ3n) is 2.84. The molecule has 3 aromatic rings. The second-order valence-corrected chi connectivity index (χ2v) is 5.41. The maximum Gasteiger partial charge on any atom is 0.144 e. The standard InChI is InChI=1S/C15H10BrClN2/c16-12-6-7-14(13(17)10-12)19-9-8-18-15(19)11-4-2-1-3-5-11/h1-10H. The molecule has 4 heteroatoms. The minimum atomic E-state index is 0.685. The maximum absolute atomic E-state index is 6.30. The van der Waals surface area contributed by atoms with Gasteiger partial charge in [-0.05, 0) is 18.2 Å². The zero-order chi connectivity index (χ0) is 13.2. The molecule has 0 aliphatic carbocycles. The molecule has 0 spiro atoms. The zero-order valence-electron chi connectivity index (χ0n) is 9.92. The molecular weight excluding hydrogens is 324 g/mol. The van der Waals surface area contributed by atoms with Crippen molar-refractivity contribution in [1.29, 1.82) is 0 Å². The van der Waals surface area contributed by atoms with Crippen molar-refractivity contribution in [2.24, 2.45) is 0 Å². The number of rotatable bonds is 2. The van der Waals surface area contributed by atoms with Crippen LogP contribution in [0.2, 0.25) is 5.02 Å². The van der Waals surface area contributed by atoms with Crippen LogP contribution in [0.4, 0.5) is 0 Å². The van der Waals surface area contributed by atoms with E-state index in [9.17, 15) is 0 Å². The highest BCUT2D eigenvalue weighted by molar-refractivity contribution is 9.10. The molecule has 0 unspecified atom stereocenters. The molecule has 0 saturated carbocycles. The molecule has 0 fully saturated rings. The van der Waals surface area contributed by atoms with E-state index in [1.165, 1.54) is 0 Å². The number of imidazole rings is 1. The summed E-state index contributed by atoms with van der Waals surface area (Å²) in [4.78, 5) is 4.42. The lowest BCUT2D eigenvalue weighted by Crippen LogP contribution is -1.97. The highest BCUT2D eigenvalue weighted by Crippen LogP contribution is 2.28. The van der Waals surface area contributed by atoms with E-state index < -0.39 is 0 Å². The normalized spacial score (nSPS) is 10.6. The fourth-order valence-electron chi connectivity index (χ4n) is 1.98. The van der Waals surface area contributed by atoms with E-state index >= 15 is 0 Å². The minimum absolute atomic E-state index is 0.685. The summed E-state index contributed by atoms with van der Waals surface area (Å²) in [6, 6.07) is 15.9. The average molecular weight is 334 g/mol. The average Bonchev–Trinajstić information content (AvgIpc) is 2.89. The molecule has 0 atom stereocenters. The van der Waals surface area contributed by atoms with Gasteiger partial charge in [-0.15, -0.1) is 0 Å². The minimum Gasteiger partial charge on any atom is -0.298 e. The molecule has 19 heavy (non-hydrogen) atoms. The third-order valence-corrected chi connectivity index (χ3v) is 3.64. The van der Waals surface area contributed by atoms with Gasteiger partial charge in [0, 0.05) is 22.4 Å². The highest BCUT2D eigenvalue weighted by Gasteiger charge is 2.10. The van der Waals surface area contributed by atoms with Gasteiger partial charge in [-0.3, -0.25) is 4.57 Å². The first-order valence-corrected chi connectivity index (χ1v) is 6.97. The molecule has 0 amide bonds. The molecule has 1 heterocycles. The summed E-state index contributed by atoms with van der Waals surface area (Å²) in [5, 5.41) is 0.685. The predicted molar refractivity (Wildman–Crippen MR) is 81.7 cm³/mol. The Morgan fingerprint density at radius 1 is 1.05 bits per heavy atom. The Morgan fingerprint density at radius 2 is 1.84 bits per heavy atom. The SMILES string of the molecule is Clc1cc(Br)ccc1-n1ccnc1-c1ccccc1. The van der Waals surface area contributed by atoms with Gasteiger partial charge in [-0.25, -0.2) is 4.98 Å². The second-order valence-electron chi connectivity index (χ2n) is 4.08. The first-order chi connectivity index (χ1) is 9.25. The fraction of sp³-hybridized carbons (Fsp3) is 0. The molecular formula is C15H10BrClN2. The number of benzene rings is 2. The Hall–Kier alpha value is -1.58. The molecule has 2 aromatic carbocycles. The van der Waals surface area contributed by atoms with Gasteiger partial charge in [-0.1, -0.05) is 57.9 Å². The monoisotopic (exact) mass is 332 g/mol. The van der Waals surface area contributed by atoms with E-state index in [1.54, 1.807) is 6.20 Å². The molecule has 0 aliphatic rings. The topological polar surface area (TPSA) is 17.8 Å². The van der Waals surface area contributed by atoms with Crippen LogP contribution in [0.3, 0.4) is 0 Å². The van der Waals surface area contributed by atoms with E-state index in [0.29, 0.717) is 5.02 Å². The summed E-state index contributed by atoms with van der Waals surface area (Å²) in [6.45, 7) is 0. The van der Waals surface area contributed by atoms with Gasteiger partial charge in [0.1, 0.15) is 5.82 Å². The first-order valence-electron chi connectivity index (χ1n) is 5.80. The summed E-state index contributed by atoms with van der Waals surface area (Å²) < 4.78 is 2.95. The van der Waals surface area contributed by atoms with E-state index in [1.807, 2.05) is 59.3 Å². The third kappa shape index (κ3) is 2.44. The molecule has 94 valence electrons. The van der Waals surface area contributed by atoms with Gasteiger partial charge in [-0.2, -0.15) is 0 Å². The van der Waals surface area contributed by atoms with Crippen LogP contribution in [-0.2, 0) is 0 Å². The van der Waals surface area contributed by atoms with E-state index in [2.05, 4.69) is 20.9 Å². The van der Waals surface area contributed by atoms with E-state index in [-0.39, 0.29) is 0 Å². The van der Waals surface area contributed by atoms with Gasteiger partial charge in [0.25, 0.3) is 0 Å². The zero-order valence-corrected chi connectivity index (χ0v) is 12.3. The fourth-order valence-corrected chi connectivity index (χ4v) is 2.74. The Kier molecular flexibility index (Phi) is 3.40. The van der Waals surface area contributed by atoms with Crippen molar-refractivity contribution in [3.05, 3.63) is 70.4 Å². The van der Waals surface area contributed by atoms with Gasteiger partial charge < -0.3 is 0 Å². The number of hydrogen-bond donors (Lipinski definition) is 0. The molecule has 1 aromatic heterocycles. The number of halogens is 2. The van der Waals surface area contributed by atoms with Crippen LogP contribution in [0.15, 0.2) is 65.4 Å². The van der Waals surface area contributed by atoms with Crippen molar-refractivity contribution in [2.75, 3.05) is 0 Å². The lowest BCUT2D eigenvalue weighted by atomic mass is 10.2. The molecule has 0 N–H and O–H groups in total. The van der Waals surface area contributed by atoms with Gasteiger partial charge in [0.15, 0.2) is 0 Å². The van der Waals surface area contributed by atoms with E-state index in [4.69, 9.17) is 11.6 Å². The van der Waals surface area contributed by atoms with Crippen LogP contribution in [0.1, 0.15) is 0 Å². The summed E-state index contributed by atoms with van der Waals surface area (Å²) in [7, 11) is 0. The Bertz CT molecular complexity index is 707. The predicted octanol–water partition coefficient (Wildman–Crippen LogP) is 4.96. The van der Waals surface area contributed by atoms with Gasteiger partial charge >= 0.3 is 0 Å². The molecule has 0 aliphatic heterocycles. The Labute approximate surface area is 124 Å². The van der Waals surface area contributed by atoms with Crippen molar-refractivity contribution in [2.45, 2.75) is 0 Å². The lowest BCUT2D eigenvalue weighted by Gasteiger charge is -2.10. The van der Waals surface area contributed by atoms with Crippen molar-refractivity contribution in [1.82, 2.24) is 9.55 Å². The van der Waals surface area contributed by atoms with Crippen molar-refractivity contribution < 1.29 is 0 Å². The summed E-state index contributed by atoms with van der Waals surface area (Å²) in [6.07, 6.45) is 3.69. The van der Waals surface area contributed by atoms with E-state index in [0.717, 1.165) is 21.5 Å². The smallest absolute Gasteiger partial charge is 0.144 e. The Morgan fingerprint density at radius 3 is 2.58 bits per heavy atom. The molecule has 2 nitrogen and oxygen atoms in total. The van der Waals surface area contributed by atoms with Crippen LogP contribution in [0.5, 0.6) is 0 Å². The van der Waals surface area contributed by atoms with Gasteiger partial charge in [0.2, 0.25) is 0 Å². The molecule has 0 bridgehead atoms. The number of aromatic nitrogens is 2. The van der Waals surface area contributed by atoms with Gasteiger partial charge in [0.05, 0.1) is 10.7 Å². The van der Waals surface area contributed by atoms with Crippen LogP contribution < -0.4 is 0 Å². The number of nitrogens with zero attached hydrogens (tertiary/aromatic N) is 2.